The third-order valence-electron chi connectivity index (χ3n) is 1.83. The summed E-state index contributed by atoms with van der Waals surface area (Å²) in [6, 6.07) is 3.42. The second kappa shape index (κ2) is 3.22. The summed E-state index contributed by atoms with van der Waals surface area (Å²) in [5.74, 6) is 0. The molecule has 1 aromatic rings. The minimum absolute atomic E-state index is 0.0383. The van der Waals surface area contributed by atoms with Gasteiger partial charge in [-0.2, -0.15) is 18.4 Å². The van der Waals surface area contributed by atoms with Gasteiger partial charge in [0.25, 0.3) is 0 Å². The summed E-state index contributed by atoms with van der Waals surface area (Å²) in [5, 5.41) is 8.51. The maximum atomic E-state index is 12.3. The van der Waals surface area contributed by atoms with Crippen molar-refractivity contribution in [2.45, 2.75) is 13.1 Å². The van der Waals surface area contributed by atoms with Crippen LogP contribution >= 0.6 is 0 Å². The molecule has 1 aromatic carbocycles. The predicted molar refractivity (Wildman–Crippen MR) is 45.3 cm³/mol. The highest BCUT2D eigenvalue weighted by Crippen LogP contribution is 2.33. The Balaban J connectivity index is 3.45. The number of halogens is 3. The highest BCUT2D eigenvalue weighted by atomic mass is 19.4. The Morgan fingerprint density at radius 2 is 1.93 bits per heavy atom. The Bertz CT molecular complexity index is 402. The zero-order valence-corrected chi connectivity index (χ0v) is 7.31. The Labute approximate surface area is 78.8 Å². The summed E-state index contributed by atoms with van der Waals surface area (Å²) in [7, 11) is 0. The van der Waals surface area contributed by atoms with Gasteiger partial charge in [-0.15, -0.1) is 0 Å². The highest BCUT2D eigenvalue weighted by molar-refractivity contribution is 5.55. The average molecular weight is 200 g/mol. The van der Waals surface area contributed by atoms with Crippen LogP contribution in [0.1, 0.15) is 16.7 Å². The normalized spacial score (nSPS) is 11.1. The van der Waals surface area contributed by atoms with Gasteiger partial charge in [-0.25, -0.2) is 0 Å². The first-order valence-electron chi connectivity index (χ1n) is 3.73. The van der Waals surface area contributed by atoms with E-state index in [1.165, 1.54) is 6.07 Å². The van der Waals surface area contributed by atoms with Crippen LogP contribution in [0.25, 0.3) is 0 Å². The van der Waals surface area contributed by atoms with Crippen LogP contribution < -0.4 is 5.73 Å². The van der Waals surface area contributed by atoms with Crippen molar-refractivity contribution >= 4 is 5.69 Å². The molecule has 0 unspecified atom stereocenters. The first kappa shape index (κ1) is 10.4. The molecule has 74 valence electrons. The van der Waals surface area contributed by atoms with E-state index in [2.05, 4.69) is 0 Å². The smallest absolute Gasteiger partial charge is 0.399 e. The number of nitriles is 1. The zero-order valence-electron chi connectivity index (χ0n) is 7.31. The molecule has 0 saturated heterocycles. The van der Waals surface area contributed by atoms with E-state index in [9.17, 15) is 13.2 Å². The lowest BCUT2D eigenvalue weighted by molar-refractivity contribution is -0.137. The van der Waals surface area contributed by atoms with E-state index in [-0.39, 0.29) is 5.69 Å². The van der Waals surface area contributed by atoms with Crippen molar-refractivity contribution in [1.29, 1.82) is 5.26 Å². The molecule has 0 amide bonds. The quantitative estimate of drug-likeness (QED) is 0.654. The number of aryl methyl sites for hydroxylation is 1. The van der Waals surface area contributed by atoms with E-state index in [0.29, 0.717) is 5.56 Å². The molecule has 0 bridgehead atoms. The Morgan fingerprint density at radius 1 is 1.36 bits per heavy atom. The van der Waals surface area contributed by atoms with Gasteiger partial charge in [-0.05, 0) is 24.6 Å². The second-order valence-corrected chi connectivity index (χ2v) is 2.86. The number of benzene rings is 1. The van der Waals surface area contributed by atoms with Gasteiger partial charge in [0.2, 0.25) is 0 Å². The van der Waals surface area contributed by atoms with E-state index in [1.807, 2.05) is 0 Å². The first-order valence-corrected chi connectivity index (χ1v) is 3.73. The minimum Gasteiger partial charge on any atom is -0.399 e. The molecule has 2 nitrogen and oxygen atoms in total. The molecule has 0 fully saturated rings. The number of anilines is 1. The number of hydrogen-bond acceptors (Lipinski definition) is 2. The molecule has 0 atom stereocenters. The fourth-order valence-electron chi connectivity index (χ4n) is 1.05. The standard InChI is InChI=1S/C9H7F3N2/c1-5-2-6(4-13)7(3-8(5)14)9(10,11)12/h2-3H,14H2,1H3. The van der Waals surface area contributed by atoms with Gasteiger partial charge in [0.15, 0.2) is 0 Å². The monoisotopic (exact) mass is 200 g/mol. The fourth-order valence-corrected chi connectivity index (χ4v) is 1.05. The van der Waals surface area contributed by atoms with Crippen LogP contribution in [0.2, 0.25) is 0 Å². The Hall–Kier alpha value is -1.70. The molecular formula is C9H7F3N2. The molecular weight excluding hydrogens is 193 g/mol. The van der Waals surface area contributed by atoms with Gasteiger partial charge in [0, 0.05) is 5.69 Å². The topological polar surface area (TPSA) is 49.8 Å². The number of nitrogens with zero attached hydrogens (tertiary/aromatic N) is 1. The molecule has 14 heavy (non-hydrogen) atoms. The lowest BCUT2D eigenvalue weighted by Crippen LogP contribution is -2.09. The van der Waals surface area contributed by atoms with Crippen LogP contribution in [0.3, 0.4) is 0 Å². The molecule has 0 aliphatic rings. The van der Waals surface area contributed by atoms with E-state index in [4.69, 9.17) is 11.0 Å². The van der Waals surface area contributed by atoms with Crippen LogP contribution in [0.5, 0.6) is 0 Å². The second-order valence-electron chi connectivity index (χ2n) is 2.86. The number of nitrogen functional groups attached to an aromatic ring is 1. The van der Waals surface area contributed by atoms with Crippen molar-refractivity contribution < 1.29 is 13.2 Å². The van der Waals surface area contributed by atoms with Crippen molar-refractivity contribution in [3.8, 4) is 6.07 Å². The molecule has 2 N–H and O–H groups in total. The van der Waals surface area contributed by atoms with E-state index in [1.54, 1.807) is 6.92 Å². The third-order valence-corrected chi connectivity index (χ3v) is 1.83. The SMILES string of the molecule is Cc1cc(C#N)c(C(F)(F)F)cc1N. The van der Waals surface area contributed by atoms with Gasteiger partial charge >= 0.3 is 6.18 Å². The first-order chi connectivity index (χ1) is 6.36. The van der Waals surface area contributed by atoms with Crippen LogP contribution in [-0.4, -0.2) is 0 Å². The van der Waals surface area contributed by atoms with Gasteiger partial charge in [0.05, 0.1) is 17.2 Å². The number of alkyl halides is 3. The van der Waals surface area contributed by atoms with E-state index in [0.717, 1.165) is 12.1 Å². The van der Waals surface area contributed by atoms with Gasteiger partial charge in [-0.1, -0.05) is 0 Å². The lowest BCUT2D eigenvalue weighted by atomic mass is 10.0. The average Bonchev–Trinajstić information content (AvgIpc) is 2.07. The summed E-state index contributed by atoms with van der Waals surface area (Å²) in [6.45, 7) is 1.55. The Kier molecular flexibility index (Phi) is 2.39. The highest BCUT2D eigenvalue weighted by Gasteiger charge is 2.34. The molecule has 5 heteroatoms. The number of hydrogen-bond donors (Lipinski definition) is 1. The molecule has 0 radical (unpaired) electrons. The third kappa shape index (κ3) is 1.79. The van der Waals surface area contributed by atoms with Gasteiger partial charge in [0.1, 0.15) is 0 Å². The van der Waals surface area contributed by atoms with E-state index < -0.39 is 17.3 Å². The molecule has 0 aliphatic carbocycles. The summed E-state index contributed by atoms with van der Waals surface area (Å²) < 4.78 is 37.0. The maximum Gasteiger partial charge on any atom is 0.417 e. The lowest BCUT2D eigenvalue weighted by Gasteiger charge is -2.10. The zero-order chi connectivity index (χ0) is 10.9. The summed E-state index contributed by atoms with van der Waals surface area (Å²) in [4.78, 5) is 0. The molecule has 0 spiro atoms. The van der Waals surface area contributed by atoms with Gasteiger partial charge < -0.3 is 5.73 Å². The summed E-state index contributed by atoms with van der Waals surface area (Å²) >= 11 is 0. The van der Waals surface area contributed by atoms with Crippen molar-refractivity contribution in [1.82, 2.24) is 0 Å². The van der Waals surface area contributed by atoms with Crippen LogP contribution in [0.15, 0.2) is 12.1 Å². The van der Waals surface area contributed by atoms with Crippen molar-refractivity contribution in [2.75, 3.05) is 5.73 Å². The van der Waals surface area contributed by atoms with Crippen molar-refractivity contribution in [2.24, 2.45) is 0 Å². The maximum absolute atomic E-state index is 12.3. The van der Waals surface area contributed by atoms with Crippen molar-refractivity contribution in [3.05, 3.63) is 28.8 Å². The fraction of sp³-hybridized carbons (Fsp3) is 0.222. The van der Waals surface area contributed by atoms with Crippen LogP contribution in [0, 0.1) is 18.3 Å². The molecule has 1 rings (SSSR count). The molecule has 0 aromatic heterocycles. The molecule has 0 saturated carbocycles. The minimum atomic E-state index is -4.53. The molecule has 0 heterocycles. The Morgan fingerprint density at radius 3 is 2.36 bits per heavy atom. The summed E-state index contributed by atoms with van der Waals surface area (Å²) in [6.07, 6.45) is -4.53. The van der Waals surface area contributed by atoms with Gasteiger partial charge in [-0.3, -0.25) is 0 Å². The number of nitrogens with two attached hydrogens (primary N) is 1. The van der Waals surface area contributed by atoms with Crippen molar-refractivity contribution in [3.63, 3.8) is 0 Å². The molecule has 0 aliphatic heterocycles. The largest absolute Gasteiger partial charge is 0.417 e. The van der Waals surface area contributed by atoms with Crippen LogP contribution in [0.4, 0.5) is 18.9 Å². The van der Waals surface area contributed by atoms with E-state index >= 15 is 0 Å². The predicted octanol–water partition coefficient (Wildman–Crippen LogP) is 2.47. The van der Waals surface area contributed by atoms with Crippen LogP contribution in [-0.2, 0) is 6.18 Å². The summed E-state index contributed by atoms with van der Waals surface area (Å²) in [5.41, 5.74) is 4.45. The number of rotatable bonds is 0.